The van der Waals surface area contributed by atoms with Crippen LogP contribution in [0.4, 0.5) is 5.82 Å². The summed E-state index contributed by atoms with van der Waals surface area (Å²) in [5.41, 5.74) is 0.320. The number of carbonyl (C=O) groups is 2. The quantitative estimate of drug-likeness (QED) is 0.879. The largest absolute Gasteiger partial charge is 0.476 e. The number of amides is 1. The van der Waals surface area contributed by atoms with E-state index in [1.165, 1.54) is 12.4 Å². The molecule has 0 spiro atoms. The highest BCUT2D eigenvalue weighted by molar-refractivity contribution is 6.36. The van der Waals surface area contributed by atoms with Gasteiger partial charge >= 0.3 is 5.97 Å². The van der Waals surface area contributed by atoms with Crippen molar-refractivity contribution in [2.75, 3.05) is 31.1 Å². The lowest BCUT2D eigenvalue weighted by Gasteiger charge is -2.35. The van der Waals surface area contributed by atoms with Crippen LogP contribution in [0.25, 0.3) is 0 Å². The van der Waals surface area contributed by atoms with Gasteiger partial charge in [0.15, 0.2) is 5.69 Å². The minimum Gasteiger partial charge on any atom is -0.476 e. The molecule has 0 bridgehead atoms. The summed E-state index contributed by atoms with van der Waals surface area (Å²) in [6, 6.07) is 4.80. The molecule has 1 aliphatic rings. The van der Waals surface area contributed by atoms with Gasteiger partial charge in [-0.05, 0) is 18.2 Å². The molecule has 1 amide bonds. The molecule has 3 rings (SSSR count). The lowest BCUT2D eigenvalue weighted by molar-refractivity contribution is 0.0688. The van der Waals surface area contributed by atoms with Crippen LogP contribution in [0.15, 0.2) is 30.6 Å². The van der Waals surface area contributed by atoms with Crippen LogP contribution in [-0.2, 0) is 0 Å². The summed E-state index contributed by atoms with van der Waals surface area (Å²) < 4.78 is 0. The monoisotopic (exact) mass is 380 g/mol. The molecule has 0 unspecified atom stereocenters. The third kappa shape index (κ3) is 3.83. The molecule has 9 heteroatoms. The van der Waals surface area contributed by atoms with Gasteiger partial charge in [0, 0.05) is 31.2 Å². The van der Waals surface area contributed by atoms with Gasteiger partial charge < -0.3 is 14.9 Å². The molecule has 25 heavy (non-hydrogen) atoms. The van der Waals surface area contributed by atoms with Crippen molar-refractivity contribution in [3.63, 3.8) is 0 Å². The fourth-order valence-electron chi connectivity index (χ4n) is 2.57. The van der Waals surface area contributed by atoms with Crippen LogP contribution in [-0.4, -0.2) is 58.0 Å². The molecule has 0 aliphatic carbocycles. The number of hydrogen-bond donors (Lipinski definition) is 1. The number of piperazine rings is 1. The fourth-order valence-corrected chi connectivity index (χ4v) is 3.06. The predicted molar refractivity (Wildman–Crippen MR) is 93.6 cm³/mol. The van der Waals surface area contributed by atoms with E-state index in [9.17, 15) is 9.59 Å². The highest BCUT2D eigenvalue weighted by atomic mass is 35.5. The fraction of sp³-hybridized carbons (Fsp3) is 0.250. The van der Waals surface area contributed by atoms with Gasteiger partial charge in [0.1, 0.15) is 5.82 Å². The zero-order valence-corrected chi connectivity index (χ0v) is 14.5. The Morgan fingerprint density at radius 1 is 1.04 bits per heavy atom. The standard InChI is InChI=1S/C16H14Cl2N4O3/c17-10-1-2-11(12(18)7-10)15(23)22-5-3-21(4-6-22)14-9-19-13(8-20-14)16(24)25/h1-2,7-9H,3-6H2,(H,24,25). The van der Waals surface area contributed by atoms with E-state index in [1.807, 2.05) is 4.90 Å². The molecule has 1 aromatic carbocycles. The van der Waals surface area contributed by atoms with Gasteiger partial charge in [-0.2, -0.15) is 0 Å². The Balaban J connectivity index is 1.65. The van der Waals surface area contributed by atoms with E-state index < -0.39 is 5.97 Å². The Morgan fingerprint density at radius 2 is 1.76 bits per heavy atom. The molecule has 1 aliphatic heterocycles. The van der Waals surface area contributed by atoms with Crippen molar-refractivity contribution >= 4 is 40.9 Å². The lowest BCUT2D eigenvalue weighted by Crippen LogP contribution is -2.49. The van der Waals surface area contributed by atoms with E-state index in [0.29, 0.717) is 47.6 Å². The topological polar surface area (TPSA) is 86.6 Å². The van der Waals surface area contributed by atoms with Gasteiger partial charge in [0.2, 0.25) is 0 Å². The van der Waals surface area contributed by atoms with Gasteiger partial charge in [0.25, 0.3) is 5.91 Å². The first-order valence-corrected chi connectivity index (χ1v) is 8.26. The van der Waals surface area contributed by atoms with Crippen LogP contribution in [0.1, 0.15) is 20.8 Å². The summed E-state index contributed by atoms with van der Waals surface area (Å²) >= 11 is 12.0. The second-order valence-electron chi connectivity index (χ2n) is 5.47. The Hall–Kier alpha value is -2.38. The SMILES string of the molecule is O=C(O)c1cnc(N2CCN(C(=O)c3ccc(Cl)cc3Cl)CC2)cn1. The average Bonchev–Trinajstić information content (AvgIpc) is 2.61. The first-order valence-electron chi connectivity index (χ1n) is 7.50. The number of anilines is 1. The molecule has 2 aromatic rings. The van der Waals surface area contributed by atoms with E-state index in [2.05, 4.69) is 9.97 Å². The van der Waals surface area contributed by atoms with E-state index in [4.69, 9.17) is 28.3 Å². The van der Waals surface area contributed by atoms with Crippen LogP contribution in [0.2, 0.25) is 10.0 Å². The summed E-state index contributed by atoms with van der Waals surface area (Å²) in [5, 5.41) is 9.66. The molecule has 0 saturated carbocycles. The number of halogens is 2. The van der Waals surface area contributed by atoms with E-state index in [1.54, 1.807) is 23.1 Å². The number of rotatable bonds is 3. The highest BCUT2D eigenvalue weighted by Gasteiger charge is 2.24. The molecule has 1 saturated heterocycles. The molecule has 7 nitrogen and oxygen atoms in total. The van der Waals surface area contributed by atoms with Gasteiger partial charge in [0.05, 0.1) is 23.0 Å². The van der Waals surface area contributed by atoms with Gasteiger partial charge in [-0.25, -0.2) is 14.8 Å². The summed E-state index contributed by atoms with van der Waals surface area (Å²) in [5.74, 6) is -0.676. The van der Waals surface area contributed by atoms with Crippen molar-refractivity contribution < 1.29 is 14.7 Å². The molecule has 1 fully saturated rings. The zero-order chi connectivity index (χ0) is 18.0. The number of carboxylic acids is 1. The van der Waals surface area contributed by atoms with Crippen molar-refractivity contribution in [1.82, 2.24) is 14.9 Å². The smallest absolute Gasteiger partial charge is 0.356 e. The maximum Gasteiger partial charge on any atom is 0.356 e. The summed E-state index contributed by atoms with van der Waals surface area (Å²) in [4.78, 5) is 35.0. The second-order valence-corrected chi connectivity index (χ2v) is 6.31. The van der Waals surface area contributed by atoms with Crippen molar-refractivity contribution in [2.24, 2.45) is 0 Å². The van der Waals surface area contributed by atoms with Crippen molar-refractivity contribution in [1.29, 1.82) is 0 Å². The third-order valence-corrected chi connectivity index (χ3v) is 4.46. The lowest BCUT2D eigenvalue weighted by atomic mass is 10.2. The maximum absolute atomic E-state index is 12.6. The number of carbonyl (C=O) groups excluding carboxylic acids is 1. The van der Waals surface area contributed by atoms with E-state index in [-0.39, 0.29) is 11.6 Å². The Labute approximate surface area is 153 Å². The molecule has 0 atom stereocenters. The maximum atomic E-state index is 12.6. The number of aromatic nitrogens is 2. The van der Waals surface area contributed by atoms with Crippen molar-refractivity contribution in [3.05, 3.63) is 51.9 Å². The van der Waals surface area contributed by atoms with Gasteiger partial charge in [-0.15, -0.1) is 0 Å². The normalized spacial score (nSPS) is 14.5. The minimum atomic E-state index is -1.12. The Bertz CT molecular complexity index is 806. The molecule has 1 N–H and O–H groups in total. The van der Waals surface area contributed by atoms with E-state index >= 15 is 0 Å². The number of aromatic carboxylic acids is 1. The molecular formula is C16H14Cl2N4O3. The van der Waals surface area contributed by atoms with Gasteiger partial charge in [-0.1, -0.05) is 23.2 Å². The molecular weight excluding hydrogens is 367 g/mol. The molecule has 130 valence electrons. The predicted octanol–water partition coefficient (Wildman–Crippen LogP) is 2.44. The highest BCUT2D eigenvalue weighted by Crippen LogP contribution is 2.23. The number of carboxylic acid groups (broad SMARTS) is 1. The molecule has 0 radical (unpaired) electrons. The zero-order valence-electron chi connectivity index (χ0n) is 13.0. The molecule has 2 heterocycles. The van der Waals surface area contributed by atoms with Crippen molar-refractivity contribution in [2.45, 2.75) is 0 Å². The van der Waals surface area contributed by atoms with Gasteiger partial charge in [-0.3, -0.25) is 4.79 Å². The van der Waals surface area contributed by atoms with Crippen LogP contribution in [0, 0.1) is 0 Å². The second kappa shape index (κ2) is 7.25. The van der Waals surface area contributed by atoms with Crippen LogP contribution >= 0.6 is 23.2 Å². The number of benzene rings is 1. The third-order valence-electron chi connectivity index (χ3n) is 3.91. The van der Waals surface area contributed by atoms with Crippen LogP contribution in [0.3, 0.4) is 0 Å². The Morgan fingerprint density at radius 3 is 2.32 bits per heavy atom. The molecule has 1 aromatic heterocycles. The number of hydrogen-bond acceptors (Lipinski definition) is 5. The van der Waals surface area contributed by atoms with Crippen molar-refractivity contribution in [3.8, 4) is 0 Å². The van der Waals surface area contributed by atoms with Crippen LogP contribution < -0.4 is 4.90 Å². The summed E-state index contributed by atoms with van der Waals surface area (Å²) in [6.07, 6.45) is 2.65. The van der Waals surface area contributed by atoms with Crippen LogP contribution in [0.5, 0.6) is 0 Å². The first kappa shape index (κ1) is 17.4. The minimum absolute atomic E-state index is 0.102. The summed E-state index contributed by atoms with van der Waals surface area (Å²) in [6.45, 7) is 2.14. The average molecular weight is 381 g/mol. The van der Waals surface area contributed by atoms with E-state index in [0.717, 1.165) is 0 Å². The Kier molecular flexibility index (Phi) is 5.06. The first-order chi connectivity index (χ1) is 12.0. The summed E-state index contributed by atoms with van der Waals surface area (Å²) in [7, 11) is 0. The number of nitrogens with zero attached hydrogens (tertiary/aromatic N) is 4.